The molecule has 2 aromatic carbocycles. The van der Waals surface area contributed by atoms with E-state index in [0.717, 1.165) is 16.8 Å². The maximum absolute atomic E-state index is 12.0. The molecule has 0 radical (unpaired) electrons. The Kier molecular flexibility index (Phi) is 3.85. The second-order valence-electron chi connectivity index (χ2n) is 5.44. The van der Waals surface area contributed by atoms with E-state index >= 15 is 0 Å². The zero-order valence-electron chi connectivity index (χ0n) is 13.0. The Hall–Kier alpha value is -3.08. The highest BCUT2D eigenvalue weighted by Crippen LogP contribution is 2.21. The fraction of sp³-hybridized carbons (Fsp3) is 0.111. The summed E-state index contributed by atoms with van der Waals surface area (Å²) in [5, 5.41) is 0. The molecule has 0 aromatic heterocycles. The van der Waals surface area contributed by atoms with E-state index in [1.54, 1.807) is 30.3 Å². The first-order chi connectivity index (χ1) is 11.0. The van der Waals surface area contributed by atoms with Crippen molar-refractivity contribution in [1.82, 2.24) is 0 Å². The zero-order valence-corrected chi connectivity index (χ0v) is 13.0. The van der Waals surface area contributed by atoms with Gasteiger partial charge in [-0.05, 0) is 48.0 Å². The van der Waals surface area contributed by atoms with Crippen LogP contribution in [-0.2, 0) is 9.53 Å². The summed E-state index contributed by atoms with van der Waals surface area (Å²) in [5.74, 6) is -0.153. The summed E-state index contributed by atoms with van der Waals surface area (Å²) in [4.78, 5) is 18.3. The molecule has 2 N–H and O–H groups in total. The Morgan fingerprint density at radius 3 is 2.30 bits per heavy atom. The Balaban J connectivity index is 1.87. The molecule has 2 aromatic rings. The van der Waals surface area contributed by atoms with E-state index in [0.29, 0.717) is 11.6 Å². The van der Waals surface area contributed by atoms with Crippen LogP contribution in [0.5, 0.6) is 0 Å². The second-order valence-corrected chi connectivity index (χ2v) is 5.44. The van der Waals surface area contributed by atoms with Gasteiger partial charge in [0, 0.05) is 31.0 Å². The van der Waals surface area contributed by atoms with Gasteiger partial charge in [0.2, 0.25) is 5.90 Å². The van der Waals surface area contributed by atoms with Gasteiger partial charge in [-0.1, -0.05) is 12.1 Å². The molecule has 1 aliphatic rings. The van der Waals surface area contributed by atoms with E-state index < -0.39 is 5.97 Å². The number of ether oxygens (including phenoxy) is 1. The minimum atomic E-state index is -0.450. The summed E-state index contributed by atoms with van der Waals surface area (Å²) in [6, 6.07) is 14.9. The van der Waals surface area contributed by atoms with Crippen molar-refractivity contribution < 1.29 is 9.53 Å². The van der Waals surface area contributed by atoms with Crippen molar-refractivity contribution in [3.05, 3.63) is 65.4 Å². The van der Waals surface area contributed by atoms with Gasteiger partial charge in [-0.25, -0.2) is 9.79 Å². The third-order valence-corrected chi connectivity index (χ3v) is 3.49. The molecule has 5 heteroatoms. The van der Waals surface area contributed by atoms with Gasteiger partial charge in [-0.15, -0.1) is 0 Å². The van der Waals surface area contributed by atoms with Gasteiger partial charge in [-0.3, -0.25) is 0 Å². The van der Waals surface area contributed by atoms with Crippen molar-refractivity contribution in [2.45, 2.75) is 0 Å². The topological polar surface area (TPSA) is 67.9 Å². The molecule has 0 bridgehead atoms. The fourth-order valence-corrected chi connectivity index (χ4v) is 2.18. The average Bonchev–Trinajstić information content (AvgIpc) is 2.89. The number of carbonyl (C=O) groups excluding carboxylic acids is 1. The van der Waals surface area contributed by atoms with Gasteiger partial charge in [0.1, 0.15) is 0 Å². The number of esters is 1. The molecule has 0 unspecified atom stereocenters. The van der Waals surface area contributed by atoms with Gasteiger partial charge in [0.05, 0.1) is 0 Å². The lowest BCUT2D eigenvalue weighted by Crippen LogP contribution is -2.08. The molecule has 0 spiro atoms. The number of anilines is 2. The number of hydrogen-bond donors (Lipinski definition) is 1. The van der Waals surface area contributed by atoms with Crippen LogP contribution in [0.15, 0.2) is 59.2 Å². The van der Waals surface area contributed by atoms with Crippen LogP contribution in [0.1, 0.15) is 11.1 Å². The number of nitrogens with two attached hydrogens (primary N) is 1. The van der Waals surface area contributed by atoms with Crippen molar-refractivity contribution in [3.8, 4) is 0 Å². The van der Waals surface area contributed by atoms with Gasteiger partial charge < -0.3 is 15.4 Å². The maximum atomic E-state index is 12.0. The molecule has 0 amide bonds. The number of nitrogens with zero attached hydrogens (tertiary/aromatic N) is 2. The van der Waals surface area contributed by atoms with Gasteiger partial charge in [0.15, 0.2) is 5.70 Å². The summed E-state index contributed by atoms with van der Waals surface area (Å²) < 4.78 is 5.23. The number of hydrogen-bond acceptors (Lipinski definition) is 5. The minimum absolute atomic E-state index is 0.287. The molecule has 0 aliphatic carbocycles. The third-order valence-electron chi connectivity index (χ3n) is 3.49. The van der Waals surface area contributed by atoms with Crippen molar-refractivity contribution in [2.75, 3.05) is 24.7 Å². The van der Waals surface area contributed by atoms with E-state index in [1.807, 2.05) is 43.3 Å². The van der Waals surface area contributed by atoms with E-state index in [1.165, 1.54) is 0 Å². The predicted octanol–water partition coefficient (Wildman–Crippen LogP) is 2.68. The molecule has 0 saturated carbocycles. The number of rotatable bonds is 3. The summed E-state index contributed by atoms with van der Waals surface area (Å²) in [6.45, 7) is 0. The largest absolute Gasteiger partial charge is 0.402 e. The lowest BCUT2D eigenvalue weighted by molar-refractivity contribution is -0.129. The summed E-state index contributed by atoms with van der Waals surface area (Å²) in [6.07, 6.45) is 1.71. The number of carbonyl (C=O) groups is 1. The van der Waals surface area contributed by atoms with Crippen LogP contribution in [0.4, 0.5) is 11.4 Å². The Bertz CT molecular complexity index is 788. The Labute approximate surface area is 134 Å². The average molecular weight is 307 g/mol. The lowest BCUT2D eigenvalue weighted by Gasteiger charge is -2.11. The van der Waals surface area contributed by atoms with Crippen LogP contribution in [0.3, 0.4) is 0 Å². The Morgan fingerprint density at radius 2 is 1.70 bits per heavy atom. The van der Waals surface area contributed by atoms with E-state index in [9.17, 15) is 4.79 Å². The van der Waals surface area contributed by atoms with Crippen molar-refractivity contribution in [1.29, 1.82) is 0 Å². The molecule has 0 atom stereocenters. The van der Waals surface area contributed by atoms with E-state index in [2.05, 4.69) is 4.99 Å². The van der Waals surface area contributed by atoms with Crippen molar-refractivity contribution in [3.63, 3.8) is 0 Å². The number of cyclic esters (lactones) is 1. The molecule has 5 nitrogen and oxygen atoms in total. The van der Waals surface area contributed by atoms with E-state index in [-0.39, 0.29) is 5.70 Å². The molecule has 1 aliphatic heterocycles. The second kappa shape index (κ2) is 5.96. The van der Waals surface area contributed by atoms with Crippen LogP contribution in [0.2, 0.25) is 0 Å². The molecular formula is C18H17N3O2. The predicted molar refractivity (Wildman–Crippen MR) is 92.2 cm³/mol. The smallest absolute Gasteiger partial charge is 0.363 e. The highest BCUT2D eigenvalue weighted by Gasteiger charge is 2.23. The number of aliphatic imine (C=N–C) groups is 1. The molecule has 23 heavy (non-hydrogen) atoms. The summed E-state index contributed by atoms with van der Waals surface area (Å²) in [7, 11) is 3.95. The van der Waals surface area contributed by atoms with Gasteiger partial charge in [-0.2, -0.15) is 0 Å². The van der Waals surface area contributed by atoms with Gasteiger partial charge >= 0.3 is 5.97 Å². The number of benzene rings is 2. The number of nitrogen functional groups attached to an aromatic ring is 1. The molecule has 1 heterocycles. The lowest BCUT2D eigenvalue weighted by atomic mass is 10.1. The Morgan fingerprint density at radius 1 is 1.04 bits per heavy atom. The normalized spacial score (nSPS) is 15.5. The van der Waals surface area contributed by atoms with Gasteiger partial charge in [0.25, 0.3) is 0 Å². The molecule has 0 saturated heterocycles. The standard InChI is InChI=1S/C18H17N3O2/c1-21(2)15-9-3-12(4-10-15)11-16-18(22)23-17(20-16)13-5-7-14(19)8-6-13/h3-11H,19H2,1-2H3. The van der Waals surface area contributed by atoms with Crippen LogP contribution in [0, 0.1) is 0 Å². The summed E-state index contributed by atoms with van der Waals surface area (Å²) in [5.41, 5.74) is 9.29. The minimum Gasteiger partial charge on any atom is -0.402 e. The molecule has 0 fully saturated rings. The fourth-order valence-electron chi connectivity index (χ4n) is 2.18. The highest BCUT2D eigenvalue weighted by molar-refractivity contribution is 6.12. The SMILES string of the molecule is CN(C)c1ccc(C=C2N=C(c3ccc(N)cc3)OC2=O)cc1. The first kappa shape index (κ1) is 14.8. The third kappa shape index (κ3) is 3.23. The highest BCUT2D eigenvalue weighted by atomic mass is 16.6. The first-order valence-corrected chi connectivity index (χ1v) is 7.19. The van der Waals surface area contributed by atoms with E-state index in [4.69, 9.17) is 10.5 Å². The molecule has 116 valence electrons. The van der Waals surface area contributed by atoms with Crippen LogP contribution in [-0.4, -0.2) is 26.0 Å². The van der Waals surface area contributed by atoms with Crippen LogP contribution in [0.25, 0.3) is 6.08 Å². The van der Waals surface area contributed by atoms with Crippen molar-refractivity contribution in [2.24, 2.45) is 4.99 Å². The zero-order chi connectivity index (χ0) is 16.4. The quantitative estimate of drug-likeness (QED) is 0.538. The maximum Gasteiger partial charge on any atom is 0.363 e. The van der Waals surface area contributed by atoms with Crippen molar-refractivity contribution >= 4 is 29.3 Å². The van der Waals surface area contributed by atoms with Crippen LogP contribution < -0.4 is 10.6 Å². The summed E-state index contributed by atoms with van der Waals surface area (Å²) >= 11 is 0. The monoisotopic (exact) mass is 307 g/mol. The van der Waals surface area contributed by atoms with Crippen LogP contribution >= 0.6 is 0 Å². The molecular weight excluding hydrogens is 290 g/mol. The first-order valence-electron chi connectivity index (χ1n) is 7.19. The molecule has 3 rings (SSSR count).